The van der Waals surface area contributed by atoms with E-state index < -0.39 is 6.04 Å². The summed E-state index contributed by atoms with van der Waals surface area (Å²) in [6.07, 6.45) is 4.29. The van der Waals surface area contributed by atoms with E-state index in [1.54, 1.807) is 35.5 Å². The molecule has 0 fully saturated rings. The van der Waals surface area contributed by atoms with Gasteiger partial charge in [0.2, 0.25) is 5.76 Å². The maximum Gasteiger partial charge on any atom is 0.291 e. The predicted molar refractivity (Wildman–Crippen MR) is 128 cm³/mol. The fourth-order valence-electron chi connectivity index (χ4n) is 4.18. The van der Waals surface area contributed by atoms with E-state index in [1.807, 2.05) is 43.3 Å². The lowest BCUT2D eigenvalue weighted by Gasteiger charge is -2.25. The van der Waals surface area contributed by atoms with Gasteiger partial charge >= 0.3 is 0 Å². The van der Waals surface area contributed by atoms with Gasteiger partial charge in [-0.05, 0) is 53.9 Å². The molecule has 1 unspecified atom stereocenters. The number of amides is 1. The molecule has 0 saturated carbocycles. The summed E-state index contributed by atoms with van der Waals surface area (Å²) in [7, 11) is 0. The molecule has 6 nitrogen and oxygen atoms in total. The molecule has 1 amide bonds. The van der Waals surface area contributed by atoms with Crippen LogP contribution in [0.1, 0.15) is 46.6 Å². The van der Waals surface area contributed by atoms with Gasteiger partial charge in [0.1, 0.15) is 11.3 Å². The Morgan fingerprint density at radius 2 is 2.00 bits per heavy atom. The summed E-state index contributed by atoms with van der Waals surface area (Å²) in [6.45, 7) is 2.92. The first-order chi connectivity index (χ1) is 16.1. The predicted octanol–water partition coefficient (Wildman–Crippen LogP) is 5.48. The van der Waals surface area contributed by atoms with Crippen molar-refractivity contribution in [1.29, 1.82) is 0 Å². The van der Waals surface area contributed by atoms with Crippen molar-refractivity contribution in [2.45, 2.75) is 25.9 Å². The average Bonchev–Trinajstić information content (AvgIpc) is 3.11. The smallest absolute Gasteiger partial charge is 0.291 e. The minimum Gasteiger partial charge on any atom is -0.494 e. The Kier molecular flexibility index (Phi) is 5.72. The number of rotatable bonds is 6. The number of carbonyl (C=O) groups is 1. The largest absolute Gasteiger partial charge is 0.494 e. The lowest BCUT2D eigenvalue weighted by molar-refractivity contribution is 0.0714. The minimum atomic E-state index is -0.600. The second-order valence-corrected chi connectivity index (χ2v) is 8.85. The summed E-state index contributed by atoms with van der Waals surface area (Å²) in [5, 5.41) is 0.433. The molecule has 1 aliphatic rings. The zero-order valence-corrected chi connectivity index (χ0v) is 19.5. The van der Waals surface area contributed by atoms with Gasteiger partial charge in [-0.2, -0.15) is 0 Å². The van der Waals surface area contributed by atoms with Crippen LogP contribution in [0.25, 0.3) is 11.0 Å². The van der Waals surface area contributed by atoms with Crippen LogP contribution >= 0.6 is 15.9 Å². The monoisotopic (exact) mass is 504 g/mol. The van der Waals surface area contributed by atoms with Crippen LogP contribution in [-0.2, 0) is 6.54 Å². The third kappa shape index (κ3) is 3.93. The highest BCUT2D eigenvalue weighted by Gasteiger charge is 2.42. The van der Waals surface area contributed by atoms with Crippen LogP contribution in [0.2, 0.25) is 0 Å². The first-order valence-corrected chi connectivity index (χ1v) is 11.5. The highest BCUT2D eigenvalue weighted by molar-refractivity contribution is 9.10. The van der Waals surface area contributed by atoms with Crippen LogP contribution in [0.4, 0.5) is 0 Å². The van der Waals surface area contributed by atoms with Crippen molar-refractivity contribution in [2.75, 3.05) is 6.61 Å². The van der Waals surface area contributed by atoms with Gasteiger partial charge in [0.15, 0.2) is 5.43 Å². The molecule has 33 heavy (non-hydrogen) atoms. The number of hydrogen-bond donors (Lipinski definition) is 0. The van der Waals surface area contributed by atoms with E-state index in [0.717, 1.165) is 22.0 Å². The van der Waals surface area contributed by atoms with Crippen molar-refractivity contribution < 1.29 is 13.9 Å². The highest BCUT2D eigenvalue weighted by atomic mass is 79.9. The number of fused-ring (bicyclic) bond motifs is 2. The van der Waals surface area contributed by atoms with Crippen molar-refractivity contribution in [2.24, 2.45) is 0 Å². The molecular formula is C26H21BrN2O4. The van der Waals surface area contributed by atoms with E-state index >= 15 is 0 Å². The number of halogens is 1. The normalized spacial score (nSPS) is 15.2. The number of carbonyl (C=O) groups excluding carboxylic acids is 1. The summed E-state index contributed by atoms with van der Waals surface area (Å²) in [6, 6.07) is 15.9. The topological polar surface area (TPSA) is 72.6 Å². The van der Waals surface area contributed by atoms with Gasteiger partial charge in [0, 0.05) is 23.4 Å². The number of ether oxygens (including phenoxy) is 1. The van der Waals surface area contributed by atoms with Crippen molar-refractivity contribution in [3.63, 3.8) is 0 Å². The molecular weight excluding hydrogens is 484 g/mol. The highest BCUT2D eigenvalue weighted by Crippen LogP contribution is 2.40. The van der Waals surface area contributed by atoms with Crippen LogP contribution in [0, 0.1) is 0 Å². The Morgan fingerprint density at radius 3 is 2.79 bits per heavy atom. The van der Waals surface area contributed by atoms with E-state index in [4.69, 9.17) is 9.15 Å². The van der Waals surface area contributed by atoms with Gasteiger partial charge in [-0.15, -0.1) is 0 Å². The lowest BCUT2D eigenvalue weighted by atomic mass is 9.98. The van der Waals surface area contributed by atoms with Crippen LogP contribution in [0.5, 0.6) is 5.75 Å². The van der Waals surface area contributed by atoms with Gasteiger partial charge in [-0.1, -0.05) is 41.1 Å². The van der Waals surface area contributed by atoms with Crippen molar-refractivity contribution in [3.8, 4) is 5.75 Å². The lowest BCUT2D eigenvalue weighted by Crippen LogP contribution is -2.29. The van der Waals surface area contributed by atoms with Gasteiger partial charge < -0.3 is 14.1 Å². The first kappa shape index (κ1) is 21.4. The van der Waals surface area contributed by atoms with Crippen molar-refractivity contribution >= 4 is 32.8 Å². The third-order valence-electron chi connectivity index (χ3n) is 5.65. The summed E-state index contributed by atoms with van der Waals surface area (Å²) in [5.41, 5.74) is 2.18. The molecule has 1 aliphatic heterocycles. The van der Waals surface area contributed by atoms with E-state index in [9.17, 15) is 9.59 Å². The molecule has 1 atom stereocenters. The Labute approximate surface area is 198 Å². The van der Waals surface area contributed by atoms with E-state index in [1.165, 1.54) is 0 Å². The minimum absolute atomic E-state index is 0.0867. The quantitative estimate of drug-likeness (QED) is 0.347. The molecule has 4 aromatic rings. The molecule has 0 spiro atoms. The zero-order valence-electron chi connectivity index (χ0n) is 18.0. The third-order valence-corrected chi connectivity index (χ3v) is 6.14. The SMILES string of the molecule is CCCOc1cccc(C2c3c(oc4ccc(Br)cc4c3=O)C(=O)N2Cc2cccnc2)c1. The summed E-state index contributed by atoms with van der Waals surface area (Å²) in [5.74, 6) is 0.466. The summed E-state index contributed by atoms with van der Waals surface area (Å²) in [4.78, 5) is 33.0. The van der Waals surface area contributed by atoms with Crippen LogP contribution in [0.3, 0.4) is 0 Å². The fourth-order valence-corrected chi connectivity index (χ4v) is 4.55. The van der Waals surface area contributed by atoms with Crippen molar-refractivity contribution in [3.05, 3.63) is 104 Å². The van der Waals surface area contributed by atoms with Crippen LogP contribution < -0.4 is 10.2 Å². The van der Waals surface area contributed by atoms with Gasteiger partial charge in [0.05, 0.1) is 23.6 Å². The molecule has 0 saturated heterocycles. The first-order valence-electron chi connectivity index (χ1n) is 10.8. The molecule has 0 aliphatic carbocycles. The molecule has 7 heteroatoms. The van der Waals surface area contributed by atoms with Gasteiger partial charge in [0.25, 0.3) is 5.91 Å². The standard InChI is InChI=1S/C26H21BrN2O4/c1-2-11-32-19-7-3-6-17(12-19)23-22-24(30)20-13-18(27)8-9-21(20)33-25(22)26(31)29(23)15-16-5-4-10-28-14-16/h3-10,12-14,23H,2,11,15H2,1H3. The molecule has 166 valence electrons. The number of benzene rings is 2. The molecule has 0 bridgehead atoms. The van der Waals surface area contributed by atoms with Crippen LogP contribution in [0.15, 0.2) is 80.7 Å². The second-order valence-electron chi connectivity index (χ2n) is 7.93. The Hall–Kier alpha value is -3.45. The molecule has 2 aromatic heterocycles. The zero-order chi connectivity index (χ0) is 22.9. The summed E-state index contributed by atoms with van der Waals surface area (Å²) < 4.78 is 12.6. The Balaban J connectivity index is 1.69. The Morgan fingerprint density at radius 1 is 1.12 bits per heavy atom. The molecule has 3 heterocycles. The molecule has 0 radical (unpaired) electrons. The number of pyridine rings is 1. The number of nitrogens with zero attached hydrogens (tertiary/aromatic N) is 2. The molecule has 0 N–H and O–H groups in total. The van der Waals surface area contributed by atoms with Gasteiger partial charge in [-0.25, -0.2) is 0 Å². The van der Waals surface area contributed by atoms with E-state index in [-0.39, 0.29) is 17.1 Å². The maximum atomic E-state index is 13.7. The fraction of sp³-hybridized carbons (Fsp3) is 0.192. The number of hydrogen-bond acceptors (Lipinski definition) is 5. The van der Waals surface area contributed by atoms with E-state index in [0.29, 0.717) is 35.4 Å². The van der Waals surface area contributed by atoms with Gasteiger partial charge in [-0.3, -0.25) is 14.6 Å². The van der Waals surface area contributed by atoms with Crippen molar-refractivity contribution in [1.82, 2.24) is 9.88 Å². The molecule has 2 aromatic carbocycles. The second kappa shape index (κ2) is 8.83. The van der Waals surface area contributed by atoms with Crippen LogP contribution in [-0.4, -0.2) is 22.4 Å². The summed E-state index contributed by atoms with van der Waals surface area (Å²) >= 11 is 3.43. The Bertz CT molecular complexity index is 1400. The molecule has 5 rings (SSSR count). The van der Waals surface area contributed by atoms with E-state index in [2.05, 4.69) is 20.9 Å². The average molecular weight is 505 g/mol. The maximum absolute atomic E-state index is 13.7. The number of aromatic nitrogens is 1.